The van der Waals surface area contributed by atoms with E-state index in [4.69, 9.17) is 15.2 Å². The molecule has 4 heteroatoms. The lowest BCUT2D eigenvalue weighted by molar-refractivity contribution is -0.137. The summed E-state index contributed by atoms with van der Waals surface area (Å²) in [6, 6.07) is 7.45. The number of hydrogen-bond donors (Lipinski definition) is 1. The van der Waals surface area contributed by atoms with E-state index in [-0.39, 0.29) is 5.97 Å². The fourth-order valence-electron chi connectivity index (χ4n) is 1.52. The number of rotatable bonds is 8. The van der Waals surface area contributed by atoms with E-state index in [2.05, 4.69) is 0 Å². The van der Waals surface area contributed by atoms with Crippen molar-refractivity contribution in [2.45, 2.75) is 19.3 Å². The van der Waals surface area contributed by atoms with Gasteiger partial charge in [-0.2, -0.15) is 0 Å². The van der Waals surface area contributed by atoms with Gasteiger partial charge >= 0.3 is 5.97 Å². The minimum Gasteiger partial charge on any atom is -0.497 e. The summed E-state index contributed by atoms with van der Waals surface area (Å²) < 4.78 is 10.1. The summed E-state index contributed by atoms with van der Waals surface area (Å²) >= 11 is 0. The number of ether oxygens (including phenoxy) is 2. The third-order valence-electron chi connectivity index (χ3n) is 2.62. The molecule has 0 atom stereocenters. The largest absolute Gasteiger partial charge is 0.497 e. The van der Waals surface area contributed by atoms with Crippen molar-refractivity contribution in [1.82, 2.24) is 0 Å². The minimum atomic E-state index is -0.316. The highest BCUT2D eigenvalue weighted by Gasteiger charge is 1.97. The number of nitrogens with two attached hydrogens (primary N) is 1. The highest BCUT2D eigenvalue weighted by atomic mass is 16.5. The molecule has 0 radical (unpaired) electrons. The van der Waals surface area contributed by atoms with Crippen LogP contribution in [0.1, 0.15) is 24.8 Å². The number of unbranched alkanes of at least 4 members (excludes halogenated alkanes) is 2. The number of carbonyl (C=O) groups is 1. The van der Waals surface area contributed by atoms with Gasteiger partial charge in [0.15, 0.2) is 0 Å². The molecule has 0 aromatic heterocycles. The predicted octanol–water partition coefficient (Wildman–Crippen LogP) is 2.38. The molecule has 0 aliphatic rings. The fourth-order valence-corrected chi connectivity index (χ4v) is 1.52. The Morgan fingerprint density at radius 3 is 2.58 bits per heavy atom. The minimum absolute atomic E-state index is 0.316. The van der Waals surface area contributed by atoms with E-state index >= 15 is 0 Å². The van der Waals surface area contributed by atoms with Gasteiger partial charge in [-0.25, -0.2) is 4.79 Å². The second-order valence-corrected chi connectivity index (χ2v) is 4.12. The Morgan fingerprint density at radius 2 is 1.95 bits per heavy atom. The average molecular weight is 263 g/mol. The molecule has 0 bridgehead atoms. The van der Waals surface area contributed by atoms with E-state index < -0.39 is 0 Å². The normalized spacial score (nSPS) is 10.6. The molecule has 2 N–H and O–H groups in total. The van der Waals surface area contributed by atoms with Crippen LogP contribution in [-0.4, -0.2) is 26.2 Å². The average Bonchev–Trinajstić information content (AvgIpc) is 2.45. The molecule has 0 aliphatic heterocycles. The predicted molar refractivity (Wildman–Crippen MR) is 75.9 cm³/mol. The summed E-state index contributed by atoms with van der Waals surface area (Å²) in [5.41, 5.74) is 6.31. The van der Waals surface area contributed by atoms with Crippen molar-refractivity contribution < 1.29 is 14.3 Å². The Bertz CT molecular complexity index is 398. The van der Waals surface area contributed by atoms with Gasteiger partial charge in [-0.15, -0.1) is 0 Å². The lowest BCUT2D eigenvalue weighted by atomic mass is 10.2. The van der Waals surface area contributed by atoms with Gasteiger partial charge in [0.2, 0.25) is 0 Å². The van der Waals surface area contributed by atoms with Crippen LogP contribution in [0.25, 0.3) is 6.08 Å². The van der Waals surface area contributed by atoms with E-state index in [0.29, 0.717) is 13.2 Å². The molecule has 0 spiro atoms. The van der Waals surface area contributed by atoms with Crippen molar-refractivity contribution in [1.29, 1.82) is 0 Å². The van der Waals surface area contributed by atoms with E-state index in [0.717, 1.165) is 30.6 Å². The van der Waals surface area contributed by atoms with Crippen molar-refractivity contribution >= 4 is 12.0 Å². The third-order valence-corrected chi connectivity index (χ3v) is 2.62. The molecule has 0 saturated heterocycles. The van der Waals surface area contributed by atoms with Crippen LogP contribution in [0.3, 0.4) is 0 Å². The second kappa shape index (κ2) is 9.16. The highest BCUT2D eigenvalue weighted by Crippen LogP contribution is 2.12. The SMILES string of the molecule is COc1ccc(/C=C/C(=O)OCCCCCN)cc1. The summed E-state index contributed by atoms with van der Waals surface area (Å²) in [6.07, 6.45) is 5.98. The van der Waals surface area contributed by atoms with E-state index in [1.807, 2.05) is 24.3 Å². The molecular weight excluding hydrogens is 242 g/mol. The number of carbonyl (C=O) groups excluding carboxylic acids is 1. The Labute approximate surface area is 114 Å². The summed E-state index contributed by atoms with van der Waals surface area (Å²) in [5, 5.41) is 0. The van der Waals surface area contributed by atoms with Crippen molar-refractivity contribution in [3.8, 4) is 5.75 Å². The van der Waals surface area contributed by atoms with Gasteiger partial charge in [0, 0.05) is 6.08 Å². The molecule has 0 unspecified atom stereocenters. The highest BCUT2D eigenvalue weighted by molar-refractivity contribution is 5.87. The number of hydrogen-bond acceptors (Lipinski definition) is 4. The number of esters is 1. The first-order valence-electron chi connectivity index (χ1n) is 6.45. The van der Waals surface area contributed by atoms with Crippen LogP contribution in [-0.2, 0) is 9.53 Å². The van der Waals surface area contributed by atoms with E-state index in [9.17, 15) is 4.79 Å². The molecule has 0 saturated carbocycles. The zero-order chi connectivity index (χ0) is 13.9. The summed E-state index contributed by atoms with van der Waals surface area (Å²) in [4.78, 5) is 11.4. The zero-order valence-corrected chi connectivity index (χ0v) is 11.3. The van der Waals surface area contributed by atoms with Gasteiger partial charge in [0.05, 0.1) is 13.7 Å². The first-order chi connectivity index (χ1) is 9.26. The Morgan fingerprint density at radius 1 is 1.21 bits per heavy atom. The molecule has 1 aromatic rings. The van der Waals surface area contributed by atoms with Gasteiger partial charge in [-0.3, -0.25) is 0 Å². The van der Waals surface area contributed by atoms with Crippen LogP contribution in [0.15, 0.2) is 30.3 Å². The molecule has 0 fully saturated rings. The summed E-state index contributed by atoms with van der Waals surface area (Å²) in [6.45, 7) is 1.14. The monoisotopic (exact) mass is 263 g/mol. The smallest absolute Gasteiger partial charge is 0.330 e. The first-order valence-corrected chi connectivity index (χ1v) is 6.45. The maximum atomic E-state index is 11.4. The Hall–Kier alpha value is -1.81. The van der Waals surface area contributed by atoms with Crippen LogP contribution < -0.4 is 10.5 Å². The molecule has 1 rings (SSSR count). The third kappa shape index (κ3) is 6.62. The van der Waals surface area contributed by atoms with Crippen LogP contribution in [0, 0.1) is 0 Å². The molecule has 1 aromatic carbocycles. The van der Waals surface area contributed by atoms with Crippen LogP contribution in [0.5, 0.6) is 5.75 Å². The van der Waals surface area contributed by atoms with Crippen molar-refractivity contribution in [3.05, 3.63) is 35.9 Å². The molecule has 4 nitrogen and oxygen atoms in total. The molecule has 0 aliphatic carbocycles. The first kappa shape index (κ1) is 15.2. The van der Waals surface area contributed by atoms with Crippen molar-refractivity contribution in [3.63, 3.8) is 0 Å². The van der Waals surface area contributed by atoms with Gasteiger partial charge in [0.25, 0.3) is 0 Å². The van der Waals surface area contributed by atoms with Crippen molar-refractivity contribution in [2.75, 3.05) is 20.3 Å². The van der Waals surface area contributed by atoms with Gasteiger partial charge < -0.3 is 15.2 Å². The van der Waals surface area contributed by atoms with Crippen LogP contribution >= 0.6 is 0 Å². The molecule has 104 valence electrons. The van der Waals surface area contributed by atoms with Crippen LogP contribution in [0.2, 0.25) is 0 Å². The topological polar surface area (TPSA) is 61.5 Å². The van der Waals surface area contributed by atoms with E-state index in [1.54, 1.807) is 13.2 Å². The lowest BCUT2D eigenvalue weighted by Gasteiger charge is -2.01. The van der Waals surface area contributed by atoms with E-state index in [1.165, 1.54) is 6.08 Å². The molecule has 19 heavy (non-hydrogen) atoms. The molecule has 0 heterocycles. The van der Waals surface area contributed by atoms with Crippen LogP contribution in [0.4, 0.5) is 0 Å². The van der Waals surface area contributed by atoms with Gasteiger partial charge in [-0.1, -0.05) is 12.1 Å². The fraction of sp³-hybridized carbons (Fsp3) is 0.400. The second-order valence-electron chi connectivity index (χ2n) is 4.12. The maximum Gasteiger partial charge on any atom is 0.330 e. The van der Waals surface area contributed by atoms with Crippen molar-refractivity contribution in [2.24, 2.45) is 5.73 Å². The lowest BCUT2D eigenvalue weighted by Crippen LogP contribution is -2.03. The summed E-state index contributed by atoms with van der Waals surface area (Å²) in [5.74, 6) is 0.475. The maximum absolute atomic E-state index is 11.4. The van der Waals surface area contributed by atoms with Gasteiger partial charge in [-0.05, 0) is 49.6 Å². The Balaban J connectivity index is 2.28. The Kier molecular flexibility index (Phi) is 7.35. The molecular formula is C15H21NO3. The zero-order valence-electron chi connectivity index (χ0n) is 11.3. The van der Waals surface area contributed by atoms with Gasteiger partial charge in [0.1, 0.15) is 5.75 Å². The standard InChI is InChI=1S/C15H21NO3/c1-18-14-8-5-13(6-9-14)7-10-15(17)19-12-4-2-3-11-16/h5-10H,2-4,11-12,16H2,1H3/b10-7+. The number of benzene rings is 1. The molecule has 0 amide bonds. The summed E-state index contributed by atoms with van der Waals surface area (Å²) in [7, 11) is 1.62. The quantitative estimate of drug-likeness (QED) is 0.444. The number of methoxy groups -OCH3 is 1.